The molecule has 0 spiro atoms. The molecule has 0 aliphatic carbocycles. The van der Waals surface area contributed by atoms with E-state index in [1.807, 2.05) is 0 Å². The van der Waals surface area contributed by atoms with E-state index in [2.05, 4.69) is 14.2 Å². The van der Waals surface area contributed by atoms with Crippen LogP contribution in [0.3, 0.4) is 0 Å². The lowest BCUT2D eigenvalue weighted by atomic mass is 10.0. The Morgan fingerprint density at radius 2 is 1.26 bits per heavy atom. The van der Waals surface area contributed by atoms with Gasteiger partial charge in [0.15, 0.2) is 0 Å². The molecular formula is C15H20F6O6. The maximum atomic E-state index is 13.5. The van der Waals surface area contributed by atoms with Crippen molar-refractivity contribution >= 4 is 17.9 Å². The number of alkyl halides is 6. The summed E-state index contributed by atoms with van der Waals surface area (Å²) in [7, 11) is 0. The molecule has 27 heavy (non-hydrogen) atoms. The van der Waals surface area contributed by atoms with E-state index in [9.17, 15) is 40.7 Å². The maximum Gasteiger partial charge on any atom is 0.411 e. The van der Waals surface area contributed by atoms with E-state index in [0.29, 0.717) is 6.42 Å². The van der Waals surface area contributed by atoms with Gasteiger partial charge in [-0.2, -0.15) is 26.3 Å². The number of carbonyl (C=O) groups is 3. The van der Waals surface area contributed by atoms with Gasteiger partial charge >= 0.3 is 35.7 Å². The highest BCUT2D eigenvalue weighted by Gasteiger charge is 2.79. The Balaban J connectivity index is 5.01. The molecule has 0 bridgehead atoms. The largest absolute Gasteiger partial charge is 0.462 e. The van der Waals surface area contributed by atoms with Crippen molar-refractivity contribution < 1.29 is 54.9 Å². The summed E-state index contributed by atoms with van der Waals surface area (Å²) in [5.74, 6) is -25.7. The molecule has 0 N–H and O–H groups in total. The molecular weight excluding hydrogens is 390 g/mol. The zero-order chi connectivity index (χ0) is 21.6. The van der Waals surface area contributed by atoms with Crippen molar-refractivity contribution in [3.05, 3.63) is 0 Å². The molecule has 0 aromatic heterocycles. The van der Waals surface area contributed by atoms with Crippen molar-refractivity contribution in [2.75, 3.05) is 13.2 Å². The first-order valence-corrected chi connectivity index (χ1v) is 7.81. The van der Waals surface area contributed by atoms with Crippen molar-refractivity contribution in [2.45, 2.75) is 58.0 Å². The first kappa shape index (κ1) is 25.0. The third kappa shape index (κ3) is 5.73. The molecule has 0 fully saturated rings. The maximum absolute atomic E-state index is 13.5. The van der Waals surface area contributed by atoms with E-state index in [0.717, 1.165) is 13.8 Å². The molecule has 0 saturated carbocycles. The van der Waals surface area contributed by atoms with Gasteiger partial charge in [0.05, 0.1) is 12.0 Å². The molecule has 0 amide bonds. The summed E-state index contributed by atoms with van der Waals surface area (Å²) < 4.78 is 93.2. The van der Waals surface area contributed by atoms with Crippen LogP contribution in [0.5, 0.6) is 0 Å². The summed E-state index contributed by atoms with van der Waals surface area (Å²) in [6, 6.07) is 0. The lowest BCUT2D eigenvalue weighted by molar-refractivity contribution is -0.302. The summed E-state index contributed by atoms with van der Waals surface area (Å²) in [4.78, 5) is 33.5. The van der Waals surface area contributed by atoms with Crippen molar-refractivity contribution in [1.82, 2.24) is 0 Å². The van der Waals surface area contributed by atoms with Crippen LogP contribution in [0.4, 0.5) is 26.3 Å². The predicted octanol–water partition coefficient (Wildman–Crippen LogP) is 2.98. The quantitative estimate of drug-likeness (QED) is 0.239. The molecule has 158 valence electrons. The number of ether oxygens (including phenoxy) is 3. The number of hydrogen-bond donors (Lipinski definition) is 0. The Hall–Kier alpha value is -2.01. The Labute approximate surface area is 151 Å². The molecule has 12 heteroatoms. The van der Waals surface area contributed by atoms with E-state index < -0.39 is 60.9 Å². The fourth-order valence-corrected chi connectivity index (χ4v) is 1.42. The summed E-state index contributed by atoms with van der Waals surface area (Å²) in [6.07, 6.45) is -0.898. The van der Waals surface area contributed by atoms with Crippen LogP contribution in [0.15, 0.2) is 0 Å². The molecule has 1 unspecified atom stereocenters. The van der Waals surface area contributed by atoms with E-state index in [-0.39, 0.29) is 0 Å². The van der Waals surface area contributed by atoms with Crippen LogP contribution in [0.2, 0.25) is 0 Å². The number of hydrogen-bond acceptors (Lipinski definition) is 6. The summed E-state index contributed by atoms with van der Waals surface area (Å²) in [5, 5.41) is 0. The SMILES string of the molecule is CCC(C)C(=O)OCCOC(=O)C(F)(F)C(F)(F)C(F)(F)C(=O)OC(C)C. The minimum atomic E-state index is -6.42. The van der Waals surface area contributed by atoms with Crippen LogP contribution in [-0.4, -0.2) is 55.0 Å². The second-order valence-corrected chi connectivity index (χ2v) is 5.79. The first-order chi connectivity index (χ1) is 12.1. The number of rotatable bonds is 10. The summed E-state index contributed by atoms with van der Waals surface area (Å²) in [5.41, 5.74) is 0. The van der Waals surface area contributed by atoms with E-state index in [4.69, 9.17) is 0 Å². The van der Waals surface area contributed by atoms with Crippen molar-refractivity contribution in [2.24, 2.45) is 5.92 Å². The smallest absolute Gasteiger partial charge is 0.411 e. The zero-order valence-electron chi connectivity index (χ0n) is 15.0. The van der Waals surface area contributed by atoms with Crippen LogP contribution < -0.4 is 0 Å². The fraction of sp³-hybridized carbons (Fsp3) is 0.800. The van der Waals surface area contributed by atoms with E-state index >= 15 is 0 Å². The van der Waals surface area contributed by atoms with Crippen molar-refractivity contribution in [1.29, 1.82) is 0 Å². The van der Waals surface area contributed by atoms with E-state index in [1.54, 1.807) is 6.92 Å². The summed E-state index contributed by atoms with van der Waals surface area (Å²) >= 11 is 0. The highest BCUT2D eigenvalue weighted by Crippen LogP contribution is 2.47. The van der Waals surface area contributed by atoms with Gasteiger partial charge in [-0.15, -0.1) is 0 Å². The fourth-order valence-electron chi connectivity index (χ4n) is 1.42. The minimum Gasteiger partial charge on any atom is -0.462 e. The summed E-state index contributed by atoms with van der Waals surface area (Å²) in [6.45, 7) is 3.37. The lowest BCUT2D eigenvalue weighted by Crippen LogP contribution is -2.62. The van der Waals surface area contributed by atoms with Crippen LogP contribution in [0.25, 0.3) is 0 Å². The molecule has 0 aromatic rings. The van der Waals surface area contributed by atoms with Gasteiger partial charge in [0.2, 0.25) is 0 Å². The Bertz CT molecular complexity index is 549. The second kappa shape index (κ2) is 9.27. The predicted molar refractivity (Wildman–Crippen MR) is 77.4 cm³/mol. The monoisotopic (exact) mass is 410 g/mol. The first-order valence-electron chi connectivity index (χ1n) is 7.81. The van der Waals surface area contributed by atoms with E-state index in [1.165, 1.54) is 6.92 Å². The van der Waals surface area contributed by atoms with Gasteiger partial charge in [-0.1, -0.05) is 13.8 Å². The van der Waals surface area contributed by atoms with Gasteiger partial charge < -0.3 is 14.2 Å². The van der Waals surface area contributed by atoms with Crippen molar-refractivity contribution in [3.8, 4) is 0 Å². The second-order valence-electron chi connectivity index (χ2n) is 5.79. The normalized spacial score (nSPS) is 13.9. The molecule has 0 saturated heterocycles. The Morgan fingerprint density at radius 3 is 1.70 bits per heavy atom. The average molecular weight is 410 g/mol. The average Bonchev–Trinajstić information content (AvgIpc) is 2.56. The topological polar surface area (TPSA) is 78.9 Å². The van der Waals surface area contributed by atoms with Crippen LogP contribution in [0, 0.1) is 5.92 Å². The third-order valence-corrected chi connectivity index (χ3v) is 3.22. The molecule has 0 aromatic carbocycles. The standard InChI is InChI=1S/C15H20F6O6/c1-5-9(4)10(22)25-6-7-26-11(23)13(16,17)15(20,21)14(18,19)12(24)27-8(2)3/h8-9H,5-7H2,1-4H3. The molecule has 0 radical (unpaired) electrons. The van der Waals surface area contributed by atoms with Gasteiger partial charge in [0.1, 0.15) is 13.2 Å². The van der Waals surface area contributed by atoms with Gasteiger partial charge in [-0.3, -0.25) is 4.79 Å². The van der Waals surface area contributed by atoms with Crippen molar-refractivity contribution in [3.63, 3.8) is 0 Å². The number of carbonyl (C=O) groups excluding carboxylic acids is 3. The molecule has 0 aliphatic heterocycles. The Kier molecular flexibility index (Phi) is 8.58. The van der Waals surface area contributed by atoms with Crippen LogP contribution in [0.1, 0.15) is 34.1 Å². The molecule has 0 rings (SSSR count). The Morgan fingerprint density at radius 1 is 0.815 bits per heavy atom. The minimum absolute atomic E-state index is 0.393. The van der Waals surface area contributed by atoms with Gasteiger partial charge in [0.25, 0.3) is 0 Å². The van der Waals surface area contributed by atoms with Crippen LogP contribution >= 0.6 is 0 Å². The van der Waals surface area contributed by atoms with Crippen LogP contribution in [-0.2, 0) is 28.6 Å². The zero-order valence-corrected chi connectivity index (χ0v) is 15.0. The molecule has 6 nitrogen and oxygen atoms in total. The molecule has 0 aliphatic rings. The van der Waals surface area contributed by atoms with Gasteiger partial charge in [-0.05, 0) is 20.3 Å². The molecule has 1 atom stereocenters. The number of halogens is 6. The highest BCUT2D eigenvalue weighted by atomic mass is 19.3. The highest BCUT2D eigenvalue weighted by molar-refractivity contribution is 5.84. The van der Waals surface area contributed by atoms with Gasteiger partial charge in [-0.25, -0.2) is 9.59 Å². The van der Waals surface area contributed by atoms with Gasteiger partial charge in [0, 0.05) is 0 Å². The molecule has 0 heterocycles. The number of esters is 3. The lowest BCUT2D eigenvalue weighted by Gasteiger charge is -2.30. The third-order valence-electron chi connectivity index (χ3n) is 3.22.